The van der Waals surface area contributed by atoms with Gasteiger partial charge in [-0.1, -0.05) is 84.9 Å². The molecule has 0 N–H and O–H groups in total. The van der Waals surface area contributed by atoms with Gasteiger partial charge in [0.1, 0.15) is 7.80 Å². The molecule has 0 aromatic heterocycles. The van der Waals surface area contributed by atoms with Crippen LogP contribution in [0.2, 0.25) is 0 Å². The summed E-state index contributed by atoms with van der Waals surface area (Å²) in [6.45, 7) is 19.4. The number of benzene rings is 2. The molecule has 164 valence electrons. The molecule has 0 aliphatic carbocycles. The molecule has 2 atom stereocenters. The summed E-state index contributed by atoms with van der Waals surface area (Å²) in [6.07, 6.45) is 1.67. The lowest BCUT2D eigenvalue weighted by Crippen LogP contribution is -2.19. The van der Waals surface area contributed by atoms with Crippen molar-refractivity contribution in [3.63, 3.8) is 0 Å². The second-order valence-corrected chi connectivity index (χ2v) is 12.9. The Bertz CT molecular complexity index is 919. The van der Waals surface area contributed by atoms with Gasteiger partial charge in [-0.2, -0.15) is 0 Å². The molecule has 0 amide bonds. The first kappa shape index (κ1) is 24.6. The summed E-state index contributed by atoms with van der Waals surface area (Å²) in [4.78, 5) is 13.6. The molecule has 0 saturated heterocycles. The molecule has 0 saturated carbocycles. The lowest BCUT2D eigenvalue weighted by molar-refractivity contribution is 0.103. The summed E-state index contributed by atoms with van der Waals surface area (Å²) in [5.41, 5.74) is 4.78. The summed E-state index contributed by atoms with van der Waals surface area (Å²) in [7, 11) is -2.05. The first-order valence-electron chi connectivity index (χ1n) is 11.0. The fraction of sp³-hybridized carbons (Fsp3) is 0.519. The zero-order valence-electron chi connectivity index (χ0n) is 20.3. The van der Waals surface area contributed by atoms with Crippen molar-refractivity contribution >= 4 is 18.9 Å². The first-order chi connectivity index (χ1) is 13.7. The molecule has 2 aromatic carbocycles. The van der Waals surface area contributed by atoms with E-state index in [1.54, 1.807) is 0 Å². The number of aryl methyl sites for hydroxylation is 2. The van der Waals surface area contributed by atoms with E-state index >= 15 is 0 Å². The van der Waals surface area contributed by atoms with E-state index in [2.05, 4.69) is 60.6 Å². The van der Waals surface area contributed by atoms with Crippen molar-refractivity contribution in [2.24, 2.45) is 11.3 Å². The van der Waals surface area contributed by atoms with E-state index in [9.17, 15) is 9.36 Å². The Morgan fingerprint density at radius 3 is 2.00 bits per heavy atom. The van der Waals surface area contributed by atoms with Crippen LogP contribution in [0.4, 0.5) is 0 Å². The molecule has 2 nitrogen and oxygen atoms in total. The van der Waals surface area contributed by atoms with Crippen molar-refractivity contribution < 1.29 is 9.36 Å². The Morgan fingerprint density at radius 2 is 1.50 bits per heavy atom. The van der Waals surface area contributed by atoms with Crippen molar-refractivity contribution in [1.82, 2.24) is 0 Å². The third-order valence-corrected chi connectivity index (χ3v) is 7.70. The van der Waals surface area contributed by atoms with Gasteiger partial charge < -0.3 is 4.57 Å². The number of ketones is 1. The summed E-state index contributed by atoms with van der Waals surface area (Å²) in [6, 6.07) is 11.7. The molecule has 0 radical (unpaired) electrons. The minimum absolute atomic E-state index is 0.0112. The smallest absolute Gasteiger partial charge is 0.194 e. The lowest BCUT2D eigenvalue weighted by Gasteiger charge is -2.23. The zero-order chi connectivity index (χ0) is 22.9. The highest BCUT2D eigenvalue weighted by Gasteiger charge is 2.24. The molecule has 2 rings (SSSR count). The standard InChI is InChI=1S/C27H39O2P/c1-18(16-26(4,5)6)17-30(29)23-13-11-10-12-22(23)25(28)24-19(2)14-21(15-20(24)3)27(7,8)9/h10-15,18,30H,16-17H2,1-9H3. The maximum Gasteiger partial charge on any atom is 0.194 e. The summed E-state index contributed by atoms with van der Waals surface area (Å²) < 4.78 is 13.3. The normalized spacial score (nSPS) is 14.4. The van der Waals surface area contributed by atoms with E-state index in [1.807, 2.05) is 38.1 Å². The molecular formula is C27H39O2P. The van der Waals surface area contributed by atoms with E-state index in [1.165, 1.54) is 5.56 Å². The van der Waals surface area contributed by atoms with Gasteiger partial charge in [-0.3, -0.25) is 4.79 Å². The predicted molar refractivity (Wildman–Crippen MR) is 131 cm³/mol. The number of hydrogen-bond donors (Lipinski definition) is 0. The highest BCUT2D eigenvalue weighted by Crippen LogP contribution is 2.33. The molecule has 2 aromatic rings. The monoisotopic (exact) mass is 426 g/mol. The molecule has 0 heterocycles. The highest BCUT2D eigenvalue weighted by molar-refractivity contribution is 7.53. The Kier molecular flexibility index (Phi) is 7.57. The predicted octanol–water partition coefficient (Wildman–Crippen LogP) is 7.09. The topological polar surface area (TPSA) is 34.1 Å². The number of carbonyl (C=O) groups is 1. The zero-order valence-corrected chi connectivity index (χ0v) is 21.3. The molecule has 30 heavy (non-hydrogen) atoms. The van der Waals surface area contributed by atoms with E-state index in [0.717, 1.165) is 28.4 Å². The molecule has 2 unspecified atom stereocenters. The first-order valence-corrected chi connectivity index (χ1v) is 12.6. The van der Waals surface area contributed by atoms with Gasteiger partial charge in [0, 0.05) is 22.6 Å². The SMILES string of the molecule is Cc1cc(C(C)(C)C)cc(C)c1C(=O)c1ccccc1[PH](=O)CC(C)CC(C)(C)C. The van der Waals surface area contributed by atoms with Crippen LogP contribution in [0.15, 0.2) is 36.4 Å². The summed E-state index contributed by atoms with van der Waals surface area (Å²) >= 11 is 0. The largest absolute Gasteiger partial charge is 0.322 e. The highest BCUT2D eigenvalue weighted by atomic mass is 31.1. The van der Waals surface area contributed by atoms with E-state index in [0.29, 0.717) is 17.6 Å². The number of hydrogen-bond acceptors (Lipinski definition) is 2. The van der Waals surface area contributed by atoms with Crippen molar-refractivity contribution in [3.05, 3.63) is 64.2 Å². The number of carbonyl (C=O) groups excluding carboxylic acids is 1. The van der Waals surface area contributed by atoms with Crippen LogP contribution in [0, 0.1) is 25.2 Å². The second-order valence-electron chi connectivity index (χ2n) is 11.1. The van der Waals surface area contributed by atoms with Gasteiger partial charge in [0.05, 0.1) is 0 Å². The number of rotatable bonds is 6. The van der Waals surface area contributed by atoms with E-state index < -0.39 is 7.80 Å². The molecule has 0 aliphatic heterocycles. The quantitative estimate of drug-likeness (QED) is 0.365. The van der Waals surface area contributed by atoms with Crippen molar-refractivity contribution in [1.29, 1.82) is 0 Å². The minimum atomic E-state index is -2.05. The second kappa shape index (κ2) is 9.23. The third kappa shape index (κ3) is 6.17. The van der Waals surface area contributed by atoms with E-state index in [-0.39, 0.29) is 16.6 Å². The third-order valence-electron chi connectivity index (χ3n) is 5.59. The maximum atomic E-state index is 13.6. The molecule has 0 bridgehead atoms. The summed E-state index contributed by atoms with van der Waals surface area (Å²) in [5.74, 6) is 0.344. The fourth-order valence-electron chi connectivity index (χ4n) is 4.36. The van der Waals surface area contributed by atoms with Gasteiger partial charge in [0.25, 0.3) is 0 Å². The van der Waals surface area contributed by atoms with Crippen molar-refractivity contribution in [3.8, 4) is 0 Å². The minimum Gasteiger partial charge on any atom is -0.322 e. The molecular weight excluding hydrogens is 387 g/mol. The van der Waals surface area contributed by atoms with Crippen molar-refractivity contribution in [2.75, 3.05) is 6.16 Å². The van der Waals surface area contributed by atoms with Gasteiger partial charge in [-0.05, 0) is 53.7 Å². The molecule has 0 spiro atoms. The van der Waals surface area contributed by atoms with Gasteiger partial charge in [0.15, 0.2) is 5.78 Å². The van der Waals surface area contributed by atoms with Gasteiger partial charge in [-0.25, -0.2) is 0 Å². The Labute approximate surface area is 184 Å². The Hall–Kier alpha value is -1.66. The van der Waals surface area contributed by atoms with Crippen LogP contribution in [-0.4, -0.2) is 11.9 Å². The van der Waals surface area contributed by atoms with Crippen LogP contribution in [0.3, 0.4) is 0 Å². The van der Waals surface area contributed by atoms with Gasteiger partial charge >= 0.3 is 0 Å². The van der Waals surface area contributed by atoms with Gasteiger partial charge in [-0.15, -0.1) is 0 Å². The molecule has 0 fully saturated rings. The van der Waals surface area contributed by atoms with Crippen LogP contribution < -0.4 is 5.30 Å². The van der Waals surface area contributed by atoms with Crippen LogP contribution in [0.25, 0.3) is 0 Å². The van der Waals surface area contributed by atoms with Crippen LogP contribution in [0.1, 0.15) is 87.5 Å². The van der Waals surface area contributed by atoms with Crippen LogP contribution in [-0.2, 0) is 9.98 Å². The molecule has 3 heteroatoms. The fourth-order valence-corrected chi connectivity index (χ4v) is 6.13. The summed E-state index contributed by atoms with van der Waals surface area (Å²) in [5, 5.41) is 0.729. The van der Waals surface area contributed by atoms with Crippen LogP contribution in [0.5, 0.6) is 0 Å². The van der Waals surface area contributed by atoms with Crippen molar-refractivity contribution in [2.45, 2.75) is 74.1 Å². The lowest BCUT2D eigenvalue weighted by atomic mass is 9.82. The molecule has 0 aliphatic rings. The van der Waals surface area contributed by atoms with Gasteiger partial charge in [0.2, 0.25) is 0 Å². The maximum absolute atomic E-state index is 13.6. The van der Waals surface area contributed by atoms with E-state index in [4.69, 9.17) is 0 Å². The Balaban J connectivity index is 2.40. The Morgan fingerprint density at radius 1 is 0.967 bits per heavy atom. The van der Waals surface area contributed by atoms with Crippen LogP contribution >= 0.6 is 7.80 Å². The average Bonchev–Trinajstić information content (AvgIpc) is 2.58. The average molecular weight is 427 g/mol.